The van der Waals surface area contributed by atoms with Crippen molar-refractivity contribution >= 4 is 22.9 Å². The van der Waals surface area contributed by atoms with Crippen LogP contribution in [-0.4, -0.2) is 14.2 Å². The molecule has 1 rings (SSSR count). The van der Waals surface area contributed by atoms with Crippen molar-refractivity contribution in [2.24, 2.45) is 0 Å². The summed E-state index contributed by atoms with van der Waals surface area (Å²) >= 11 is 6.06. The van der Waals surface area contributed by atoms with Crippen molar-refractivity contribution in [3.63, 3.8) is 0 Å². The molecule has 3 heteroatoms. The predicted octanol–water partition coefficient (Wildman–Crippen LogP) is 3.42. The lowest BCUT2D eigenvalue weighted by molar-refractivity contribution is 0.416. The minimum absolute atomic E-state index is 0.661. The van der Waals surface area contributed by atoms with Crippen LogP contribution < -0.4 is 10.1 Å². The first kappa shape index (κ1) is 10.9. The van der Waals surface area contributed by atoms with E-state index in [0.29, 0.717) is 5.02 Å². The second kappa shape index (κ2) is 4.38. The highest BCUT2D eigenvalue weighted by molar-refractivity contribution is 6.32. The van der Waals surface area contributed by atoms with E-state index in [1.807, 2.05) is 20.0 Å². The van der Waals surface area contributed by atoms with E-state index in [0.717, 1.165) is 22.6 Å². The molecule has 0 unspecified atom stereocenters. The summed E-state index contributed by atoms with van der Waals surface area (Å²) in [4.78, 5) is 0. The van der Waals surface area contributed by atoms with Gasteiger partial charge in [-0.05, 0) is 24.1 Å². The predicted molar refractivity (Wildman–Crippen MR) is 62.3 cm³/mol. The molecule has 14 heavy (non-hydrogen) atoms. The van der Waals surface area contributed by atoms with Crippen LogP contribution in [0.3, 0.4) is 0 Å². The van der Waals surface area contributed by atoms with Gasteiger partial charge in [-0.1, -0.05) is 18.2 Å². The van der Waals surface area contributed by atoms with Gasteiger partial charge in [0.05, 0.1) is 17.8 Å². The van der Waals surface area contributed by atoms with E-state index in [9.17, 15) is 0 Å². The highest BCUT2D eigenvalue weighted by atomic mass is 35.5. The number of anilines is 1. The molecule has 1 aromatic rings. The van der Waals surface area contributed by atoms with Crippen LogP contribution in [0.5, 0.6) is 5.75 Å². The molecule has 0 amide bonds. The average molecular weight is 212 g/mol. The molecule has 1 aromatic carbocycles. The minimum Gasteiger partial charge on any atom is -0.495 e. The zero-order valence-electron chi connectivity index (χ0n) is 8.65. The molecular weight excluding hydrogens is 198 g/mol. The van der Waals surface area contributed by atoms with Crippen LogP contribution in [0.4, 0.5) is 5.69 Å². The molecule has 76 valence electrons. The summed E-state index contributed by atoms with van der Waals surface area (Å²) in [6, 6.07) is 3.72. The SMILES string of the molecule is C=C(C)c1cc(NC)c(OC)cc1Cl. The summed E-state index contributed by atoms with van der Waals surface area (Å²) in [6.07, 6.45) is 0. The number of methoxy groups -OCH3 is 1. The lowest BCUT2D eigenvalue weighted by atomic mass is 10.1. The molecule has 2 nitrogen and oxygen atoms in total. The fourth-order valence-electron chi connectivity index (χ4n) is 1.25. The fourth-order valence-corrected chi connectivity index (χ4v) is 1.56. The summed E-state index contributed by atoms with van der Waals surface area (Å²) in [7, 11) is 3.46. The second-order valence-corrected chi connectivity index (χ2v) is 3.47. The number of nitrogens with one attached hydrogen (secondary N) is 1. The van der Waals surface area contributed by atoms with Crippen molar-refractivity contribution in [1.29, 1.82) is 0 Å². The third-order valence-electron chi connectivity index (χ3n) is 2.02. The van der Waals surface area contributed by atoms with E-state index in [4.69, 9.17) is 16.3 Å². The highest BCUT2D eigenvalue weighted by Gasteiger charge is 2.08. The van der Waals surface area contributed by atoms with Gasteiger partial charge in [0.2, 0.25) is 0 Å². The maximum absolute atomic E-state index is 6.06. The molecule has 0 aliphatic carbocycles. The van der Waals surface area contributed by atoms with Gasteiger partial charge < -0.3 is 10.1 Å². The molecule has 0 spiro atoms. The fraction of sp³-hybridized carbons (Fsp3) is 0.273. The maximum Gasteiger partial charge on any atom is 0.143 e. The summed E-state index contributed by atoms with van der Waals surface area (Å²) in [5.41, 5.74) is 2.79. The smallest absolute Gasteiger partial charge is 0.143 e. The first-order chi connectivity index (χ1) is 6.60. The molecule has 0 saturated carbocycles. The van der Waals surface area contributed by atoms with Crippen molar-refractivity contribution in [3.05, 3.63) is 29.3 Å². The van der Waals surface area contributed by atoms with Gasteiger partial charge in [-0.15, -0.1) is 0 Å². The number of hydrogen-bond donors (Lipinski definition) is 1. The second-order valence-electron chi connectivity index (χ2n) is 3.06. The van der Waals surface area contributed by atoms with Crippen molar-refractivity contribution in [2.45, 2.75) is 6.92 Å². The Morgan fingerprint density at radius 3 is 2.57 bits per heavy atom. The number of allylic oxidation sites excluding steroid dienone is 1. The van der Waals surface area contributed by atoms with Crippen LogP contribution >= 0.6 is 11.6 Å². The Bertz CT molecular complexity index is 361. The summed E-state index contributed by atoms with van der Waals surface area (Å²) < 4.78 is 5.18. The van der Waals surface area contributed by atoms with Gasteiger partial charge in [-0.25, -0.2) is 0 Å². The molecular formula is C11H14ClNO. The van der Waals surface area contributed by atoms with Crippen LogP contribution in [0.25, 0.3) is 5.57 Å². The van der Waals surface area contributed by atoms with Gasteiger partial charge in [0.1, 0.15) is 5.75 Å². The Balaban J connectivity index is 3.30. The molecule has 0 fully saturated rings. The Labute approximate surface area is 89.5 Å². The van der Waals surface area contributed by atoms with Crippen LogP contribution in [0, 0.1) is 0 Å². The molecule has 0 radical (unpaired) electrons. The van der Waals surface area contributed by atoms with Gasteiger partial charge in [0, 0.05) is 13.1 Å². The van der Waals surface area contributed by atoms with Crippen molar-refractivity contribution in [1.82, 2.24) is 0 Å². The Morgan fingerprint density at radius 2 is 2.14 bits per heavy atom. The minimum atomic E-state index is 0.661. The van der Waals surface area contributed by atoms with Crippen LogP contribution in [0.2, 0.25) is 5.02 Å². The van der Waals surface area contributed by atoms with Crippen LogP contribution in [0.15, 0.2) is 18.7 Å². The lowest BCUT2D eigenvalue weighted by Gasteiger charge is -2.12. The molecule has 0 aromatic heterocycles. The monoisotopic (exact) mass is 211 g/mol. The Morgan fingerprint density at radius 1 is 1.50 bits per heavy atom. The van der Waals surface area contributed by atoms with Crippen molar-refractivity contribution < 1.29 is 4.74 Å². The molecule has 0 aliphatic rings. The number of ether oxygens (including phenoxy) is 1. The summed E-state index contributed by atoms with van der Waals surface area (Å²) in [5, 5.41) is 3.70. The molecule has 0 heterocycles. The van der Waals surface area contributed by atoms with Gasteiger partial charge in [-0.3, -0.25) is 0 Å². The van der Waals surface area contributed by atoms with Crippen molar-refractivity contribution in [2.75, 3.05) is 19.5 Å². The number of benzene rings is 1. The third-order valence-corrected chi connectivity index (χ3v) is 2.33. The number of hydrogen-bond acceptors (Lipinski definition) is 2. The van der Waals surface area contributed by atoms with Gasteiger partial charge in [-0.2, -0.15) is 0 Å². The molecule has 0 saturated heterocycles. The zero-order chi connectivity index (χ0) is 10.7. The van der Waals surface area contributed by atoms with E-state index >= 15 is 0 Å². The van der Waals surface area contributed by atoms with E-state index in [2.05, 4.69) is 11.9 Å². The quantitative estimate of drug-likeness (QED) is 0.827. The van der Waals surface area contributed by atoms with E-state index in [1.165, 1.54) is 0 Å². The summed E-state index contributed by atoms with van der Waals surface area (Å²) in [6.45, 7) is 5.79. The summed E-state index contributed by atoms with van der Waals surface area (Å²) in [5.74, 6) is 0.738. The van der Waals surface area contributed by atoms with E-state index < -0.39 is 0 Å². The van der Waals surface area contributed by atoms with Gasteiger partial charge in [0.15, 0.2) is 0 Å². The Hall–Kier alpha value is -1.15. The maximum atomic E-state index is 6.06. The van der Waals surface area contributed by atoms with Crippen molar-refractivity contribution in [3.8, 4) is 5.75 Å². The lowest BCUT2D eigenvalue weighted by Crippen LogP contribution is -1.95. The normalized spacial score (nSPS) is 9.71. The van der Waals surface area contributed by atoms with E-state index in [-0.39, 0.29) is 0 Å². The molecule has 0 atom stereocenters. The van der Waals surface area contributed by atoms with E-state index in [1.54, 1.807) is 13.2 Å². The number of rotatable bonds is 3. The molecule has 1 N–H and O–H groups in total. The Kier molecular flexibility index (Phi) is 3.42. The van der Waals surface area contributed by atoms with Gasteiger partial charge in [0.25, 0.3) is 0 Å². The zero-order valence-corrected chi connectivity index (χ0v) is 9.40. The first-order valence-electron chi connectivity index (χ1n) is 4.31. The average Bonchev–Trinajstić information content (AvgIpc) is 2.16. The third kappa shape index (κ3) is 2.02. The van der Waals surface area contributed by atoms with Crippen LogP contribution in [0.1, 0.15) is 12.5 Å². The highest BCUT2D eigenvalue weighted by Crippen LogP contribution is 2.33. The molecule has 0 aliphatic heterocycles. The standard InChI is InChI=1S/C11H14ClNO/c1-7(2)8-5-10(13-3)11(14-4)6-9(8)12/h5-6,13H,1H2,2-4H3. The first-order valence-corrected chi connectivity index (χ1v) is 4.69. The molecule has 0 bridgehead atoms. The number of halogens is 1. The van der Waals surface area contributed by atoms with Crippen LogP contribution in [-0.2, 0) is 0 Å². The largest absolute Gasteiger partial charge is 0.495 e. The van der Waals surface area contributed by atoms with Gasteiger partial charge >= 0.3 is 0 Å². The topological polar surface area (TPSA) is 21.3 Å².